The van der Waals surface area contributed by atoms with Crippen LogP contribution in [0.25, 0.3) is 11.0 Å². The van der Waals surface area contributed by atoms with Crippen molar-refractivity contribution in [2.75, 3.05) is 24.8 Å². The van der Waals surface area contributed by atoms with Crippen LogP contribution in [-0.2, 0) is 6.54 Å². The summed E-state index contributed by atoms with van der Waals surface area (Å²) >= 11 is 11.6. The first-order valence-electron chi connectivity index (χ1n) is 9.00. The second-order valence-corrected chi connectivity index (χ2v) is 7.28. The van der Waals surface area contributed by atoms with E-state index in [4.69, 9.17) is 23.2 Å². The summed E-state index contributed by atoms with van der Waals surface area (Å²) in [5.41, 5.74) is 2.38. The van der Waals surface area contributed by atoms with Gasteiger partial charge in [-0.3, -0.25) is 14.2 Å². The van der Waals surface area contributed by atoms with Gasteiger partial charge in [0.25, 0.3) is 11.5 Å². The number of carbonyl (C=O) groups excluding carboxylic acids is 1. The van der Waals surface area contributed by atoms with Crippen LogP contribution >= 0.6 is 23.2 Å². The maximum Gasteiger partial charge on any atom is 0.265 e. The van der Waals surface area contributed by atoms with Crippen molar-refractivity contribution in [1.82, 2.24) is 14.5 Å². The third-order valence-electron chi connectivity index (χ3n) is 4.54. The largest absolute Gasteiger partial charge is 0.336 e. The molecule has 0 aliphatic rings. The summed E-state index contributed by atoms with van der Waals surface area (Å²) in [4.78, 5) is 32.1. The molecule has 0 aliphatic carbocycles. The standard InChI is InChI=1S/C21H21Cl2N3O2/c1-15-4-6-16(7-5-15)14-26-19-17(3-2-10-24-19)13-18(21(26)28)20(27)25(11-8-22)12-9-23/h2-7,10,13H,8-9,11-12,14H2,1H3. The molecular formula is C21H21Cl2N3O2. The highest BCUT2D eigenvalue weighted by atomic mass is 35.5. The van der Waals surface area contributed by atoms with Crippen molar-refractivity contribution in [3.63, 3.8) is 0 Å². The van der Waals surface area contributed by atoms with E-state index in [2.05, 4.69) is 4.98 Å². The number of fused-ring (bicyclic) bond motifs is 1. The lowest BCUT2D eigenvalue weighted by Gasteiger charge is -2.21. The number of amides is 1. The van der Waals surface area contributed by atoms with Gasteiger partial charge in [0, 0.05) is 36.4 Å². The number of hydrogen-bond acceptors (Lipinski definition) is 3. The number of carbonyl (C=O) groups is 1. The number of halogens is 2. The molecule has 0 atom stereocenters. The van der Waals surface area contributed by atoms with E-state index in [1.165, 1.54) is 4.90 Å². The van der Waals surface area contributed by atoms with Crippen molar-refractivity contribution in [3.05, 3.63) is 75.7 Å². The third-order valence-corrected chi connectivity index (χ3v) is 4.87. The number of rotatable bonds is 7. The van der Waals surface area contributed by atoms with Crippen molar-refractivity contribution in [3.8, 4) is 0 Å². The Morgan fingerprint density at radius 1 is 1.11 bits per heavy atom. The number of hydrogen-bond donors (Lipinski definition) is 0. The molecule has 2 aromatic heterocycles. The van der Waals surface area contributed by atoms with Crippen LogP contribution in [0.3, 0.4) is 0 Å². The predicted octanol–water partition coefficient (Wildman–Crippen LogP) is 3.67. The third kappa shape index (κ3) is 4.37. The Morgan fingerprint density at radius 2 is 1.79 bits per heavy atom. The maximum absolute atomic E-state index is 13.2. The van der Waals surface area contributed by atoms with Gasteiger partial charge in [-0.15, -0.1) is 23.2 Å². The summed E-state index contributed by atoms with van der Waals surface area (Å²) in [5, 5.41) is 0.731. The molecule has 0 radical (unpaired) electrons. The van der Waals surface area contributed by atoms with E-state index < -0.39 is 0 Å². The molecule has 5 nitrogen and oxygen atoms in total. The van der Waals surface area contributed by atoms with E-state index in [0.29, 0.717) is 25.3 Å². The summed E-state index contributed by atoms with van der Waals surface area (Å²) < 4.78 is 1.55. The molecule has 3 rings (SSSR count). The molecule has 0 fully saturated rings. The first-order valence-corrected chi connectivity index (χ1v) is 10.1. The number of aryl methyl sites for hydroxylation is 1. The van der Waals surface area contributed by atoms with Gasteiger partial charge in [-0.1, -0.05) is 29.8 Å². The average molecular weight is 418 g/mol. The normalized spacial score (nSPS) is 11.0. The Labute approximate surface area is 173 Å². The van der Waals surface area contributed by atoms with Crippen molar-refractivity contribution < 1.29 is 4.79 Å². The van der Waals surface area contributed by atoms with E-state index in [9.17, 15) is 9.59 Å². The lowest BCUT2D eigenvalue weighted by Crippen LogP contribution is -2.39. The first-order chi connectivity index (χ1) is 13.5. The first kappa shape index (κ1) is 20.4. The quantitative estimate of drug-likeness (QED) is 0.551. The van der Waals surface area contributed by atoms with Crippen molar-refractivity contribution in [1.29, 1.82) is 0 Å². The Kier molecular flexibility index (Phi) is 6.70. The Bertz CT molecular complexity index is 1030. The SMILES string of the molecule is Cc1ccc(Cn2c(=O)c(C(=O)N(CCCl)CCCl)cc3cccnc32)cc1. The molecule has 3 aromatic rings. The van der Waals surface area contributed by atoms with Crippen LogP contribution in [0.4, 0.5) is 0 Å². The Morgan fingerprint density at radius 3 is 2.43 bits per heavy atom. The topological polar surface area (TPSA) is 55.2 Å². The predicted molar refractivity (Wildman–Crippen MR) is 114 cm³/mol. The summed E-state index contributed by atoms with van der Waals surface area (Å²) in [6.07, 6.45) is 1.64. The molecule has 0 aliphatic heterocycles. The second-order valence-electron chi connectivity index (χ2n) is 6.52. The molecule has 0 saturated heterocycles. The fraction of sp³-hybridized carbons (Fsp3) is 0.286. The van der Waals surface area contributed by atoms with Crippen LogP contribution in [0.15, 0.2) is 53.5 Å². The van der Waals surface area contributed by atoms with Gasteiger partial charge in [-0.2, -0.15) is 0 Å². The van der Waals surface area contributed by atoms with Crippen LogP contribution in [-0.4, -0.2) is 45.2 Å². The van der Waals surface area contributed by atoms with Crippen molar-refractivity contribution in [2.45, 2.75) is 13.5 Å². The lowest BCUT2D eigenvalue weighted by molar-refractivity contribution is 0.0773. The minimum atomic E-state index is -0.370. The highest BCUT2D eigenvalue weighted by Crippen LogP contribution is 2.15. The summed E-state index contributed by atoms with van der Waals surface area (Å²) in [6.45, 7) is 3.00. The highest BCUT2D eigenvalue weighted by molar-refractivity contribution is 6.18. The van der Waals surface area contributed by atoms with Crippen LogP contribution in [0.2, 0.25) is 0 Å². The van der Waals surface area contributed by atoms with E-state index in [-0.39, 0.29) is 28.8 Å². The molecule has 0 unspecified atom stereocenters. The fourth-order valence-corrected chi connectivity index (χ4v) is 3.48. The van der Waals surface area contributed by atoms with Crippen LogP contribution < -0.4 is 5.56 Å². The van der Waals surface area contributed by atoms with Gasteiger partial charge in [0.1, 0.15) is 11.2 Å². The maximum atomic E-state index is 13.2. The van der Waals surface area contributed by atoms with Crippen LogP contribution in [0.1, 0.15) is 21.5 Å². The summed E-state index contributed by atoms with van der Waals surface area (Å²) in [7, 11) is 0. The molecule has 1 aromatic carbocycles. The van der Waals surface area contributed by atoms with E-state index in [1.807, 2.05) is 37.3 Å². The molecule has 2 heterocycles. The smallest absolute Gasteiger partial charge is 0.265 e. The monoisotopic (exact) mass is 417 g/mol. The number of alkyl halides is 2. The molecule has 28 heavy (non-hydrogen) atoms. The molecular weight excluding hydrogens is 397 g/mol. The highest BCUT2D eigenvalue weighted by Gasteiger charge is 2.21. The van der Waals surface area contributed by atoms with Gasteiger partial charge in [0.15, 0.2) is 0 Å². The van der Waals surface area contributed by atoms with Gasteiger partial charge >= 0.3 is 0 Å². The molecule has 0 N–H and O–H groups in total. The summed E-state index contributed by atoms with van der Waals surface area (Å²) in [5.74, 6) is 0.180. The Hall–Kier alpha value is -2.37. The molecule has 7 heteroatoms. The van der Waals surface area contributed by atoms with Gasteiger partial charge < -0.3 is 4.90 Å². The number of benzene rings is 1. The molecule has 0 spiro atoms. The summed E-state index contributed by atoms with van der Waals surface area (Å²) in [6, 6.07) is 13.2. The molecule has 0 saturated carbocycles. The van der Waals surface area contributed by atoms with E-state index >= 15 is 0 Å². The zero-order chi connectivity index (χ0) is 20.1. The average Bonchev–Trinajstić information content (AvgIpc) is 2.70. The number of aromatic nitrogens is 2. The second kappa shape index (κ2) is 9.22. The minimum absolute atomic E-state index is 0.0999. The molecule has 0 bridgehead atoms. The Balaban J connectivity index is 2.12. The minimum Gasteiger partial charge on any atom is -0.336 e. The fourth-order valence-electron chi connectivity index (χ4n) is 3.07. The van der Waals surface area contributed by atoms with Gasteiger partial charge in [-0.05, 0) is 30.7 Å². The van der Waals surface area contributed by atoms with Crippen molar-refractivity contribution in [2.24, 2.45) is 0 Å². The zero-order valence-corrected chi connectivity index (χ0v) is 17.1. The number of pyridine rings is 2. The van der Waals surface area contributed by atoms with E-state index in [0.717, 1.165) is 16.5 Å². The van der Waals surface area contributed by atoms with Crippen molar-refractivity contribution >= 4 is 40.1 Å². The zero-order valence-electron chi connectivity index (χ0n) is 15.6. The van der Waals surface area contributed by atoms with Crippen LogP contribution in [0.5, 0.6) is 0 Å². The number of nitrogens with zero attached hydrogens (tertiary/aromatic N) is 3. The van der Waals surface area contributed by atoms with Crippen LogP contribution in [0, 0.1) is 6.92 Å². The van der Waals surface area contributed by atoms with Gasteiger partial charge in [0.2, 0.25) is 0 Å². The molecule has 1 amide bonds. The molecule has 146 valence electrons. The van der Waals surface area contributed by atoms with Gasteiger partial charge in [0.05, 0.1) is 6.54 Å². The lowest BCUT2D eigenvalue weighted by atomic mass is 10.1. The van der Waals surface area contributed by atoms with E-state index in [1.54, 1.807) is 22.9 Å². The van der Waals surface area contributed by atoms with Gasteiger partial charge in [-0.25, -0.2) is 4.98 Å².